The van der Waals surface area contributed by atoms with Crippen molar-refractivity contribution in [1.82, 2.24) is 24.6 Å². The van der Waals surface area contributed by atoms with Crippen molar-refractivity contribution in [2.75, 3.05) is 24.7 Å². The number of aliphatic hydroxyl groups excluding tert-OH is 1. The van der Waals surface area contributed by atoms with Gasteiger partial charge < -0.3 is 30.2 Å². The van der Waals surface area contributed by atoms with Crippen LogP contribution in [0.15, 0.2) is 36.7 Å². The van der Waals surface area contributed by atoms with Crippen molar-refractivity contribution in [2.45, 2.75) is 63.2 Å². The fourth-order valence-electron chi connectivity index (χ4n) is 4.14. The summed E-state index contributed by atoms with van der Waals surface area (Å²) in [5.41, 5.74) is 6.62. The Morgan fingerprint density at radius 3 is 2.65 bits per heavy atom. The topological polar surface area (TPSA) is 185 Å². The van der Waals surface area contributed by atoms with E-state index in [0.717, 1.165) is 0 Å². The summed E-state index contributed by atoms with van der Waals surface area (Å²) in [7, 11) is -2.53. The first kappa shape index (κ1) is 30.0. The van der Waals surface area contributed by atoms with Gasteiger partial charge in [-0.3, -0.25) is 13.9 Å². The average Bonchev–Trinajstić information content (AvgIpc) is 3.40. The van der Waals surface area contributed by atoms with Crippen LogP contribution in [0.2, 0.25) is 0 Å². The summed E-state index contributed by atoms with van der Waals surface area (Å²) in [6.45, 7) is 6.04. The number of nitrogen functional groups attached to an aromatic ring is 1. The fourth-order valence-corrected chi connectivity index (χ4v) is 5.93. The molecule has 6 atom stereocenters. The molecule has 1 fully saturated rings. The first-order chi connectivity index (χ1) is 18.8. The Bertz CT molecular complexity index is 1390. The maximum atomic E-state index is 13.8. The van der Waals surface area contributed by atoms with Crippen LogP contribution in [0.1, 0.15) is 33.9 Å². The highest BCUT2D eigenvalue weighted by molar-refractivity contribution is 7.52. The van der Waals surface area contributed by atoms with E-state index in [1.807, 2.05) is 0 Å². The van der Waals surface area contributed by atoms with Crippen LogP contribution in [0.25, 0.3) is 11.2 Å². The van der Waals surface area contributed by atoms with Gasteiger partial charge in [-0.2, -0.15) is 15.1 Å². The predicted octanol–water partition coefficient (Wildman–Crippen LogP) is 2.84. The molecule has 1 aliphatic heterocycles. The lowest BCUT2D eigenvalue weighted by atomic mass is 10.0. The summed E-state index contributed by atoms with van der Waals surface area (Å²) >= 11 is 6.79. The van der Waals surface area contributed by atoms with E-state index in [0.29, 0.717) is 17.0 Å². The monoisotopic (exact) mass is 597 g/mol. The smallest absolute Gasteiger partial charge is 0.459 e. The number of rotatable bonds is 11. The number of hydrogen-bond donors (Lipinski definition) is 4. The molecule has 218 valence electrons. The molecule has 0 amide bonds. The van der Waals surface area contributed by atoms with Crippen molar-refractivity contribution in [3.05, 3.63) is 36.7 Å². The molecule has 0 saturated carbocycles. The summed E-state index contributed by atoms with van der Waals surface area (Å²) in [5, 5.41) is 16.6. The van der Waals surface area contributed by atoms with Crippen molar-refractivity contribution in [1.29, 1.82) is 0 Å². The zero-order valence-corrected chi connectivity index (χ0v) is 24.3. The third kappa shape index (κ3) is 6.32. The Morgan fingerprint density at radius 2 is 2.00 bits per heavy atom. The lowest BCUT2D eigenvalue weighted by Gasteiger charge is -2.26. The largest absolute Gasteiger partial charge is 0.462 e. The molecule has 4 rings (SSSR count). The number of nitrogens with two attached hydrogens (primary N) is 1. The van der Waals surface area contributed by atoms with Crippen molar-refractivity contribution in [3.63, 3.8) is 0 Å². The molecule has 0 aliphatic carbocycles. The summed E-state index contributed by atoms with van der Waals surface area (Å²) < 4.78 is 38.0. The third-order valence-corrected chi connectivity index (χ3v) is 8.13. The SMILES string of the molecule is CNc1nc(N)nc2c1ncn2[C@@H]1O[C@H](CO[P@@](=O)(N[C@@H](C)C(=O)OC(C)C)Oc2ccccc2)[C@@H](O)[C@@]1(C)Cl. The molecule has 1 saturated heterocycles. The van der Waals surface area contributed by atoms with E-state index in [1.54, 1.807) is 58.2 Å². The lowest BCUT2D eigenvalue weighted by Crippen LogP contribution is -2.40. The minimum atomic E-state index is -4.20. The van der Waals surface area contributed by atoms with E-state index < -0.39 is 49.7 Å². The summed E-state index contributed by atoms with van der Waals surface area (Å²) in [5.74, 6) is 0.00283. The van der Waals surface area contributed by atoms with Crippen molar-refractivity contribution >= 4 is 48.2 Å². The van der Waals surface area contributed by atoms with Gasteiger partial charge in [0.25, 0.3) is 0 Å². The molecule has 0 spiro atoms. The molecule has 1 aromatic carbocycles. The number of esters is 1. The standard InChI is InChI=1S/C24H33ClN7O7P/c1-13(2)37-21(34)14(3)31-40(35,39-15-9-7-6-8-10-15)36-11-16-18(33)24(4,25)22(38-16)32-12-28-17-19(27-5)29-23(26)30-20(17)32/h6-10,12-14,16,18,22,33H,11H2,1-5H3,(H,31,35)(H3,26,27,29,30)/t14-,16+,18+,22+,24+,40-/m0/s1. The number of alkyl halides is 1. The maximum absolute atomic E-state index is 13.8. The number of fused-ring (bicyclic) bond motifs is 1. The zero-order chi connectivity index (χ0) is 29.2. The first-order valence-electron chi connectivity index (χ1n) is 12.5. The molecule has 0 bridgehead atoms. The molecule has 3 aromatic rings. The molecule has 0 radical (unpaired) electrons. The normalized spacial score (nSPS) is 25.1. The number of nitrogens with zero attached hydrogens (tertiary/aromatic N) is 4. The molecule has 2 aromatic heterocycles. The lowest BCUT2D eigenvalue weighted by molar-refractivity contribution is -0.149. The Morgan fingerprint density at radius 1 is 1.30 bits per heavy atom. The third-order valence-electron chi connectivity index (χ3n) is 6.08. The minimum Gasteiger partial charge on any atom is -0.462 e. The zero-order valence-electron chi connectivity index (χ0n) is 22.6. The number of hydrogen-bond acceptors (Lipinski definition) is 12. The van der Waals surface area contributed by atoms with Crippen LogP contribution in [0, 0.1) is 0 Å². The minimum absolute atomic E-state index is 0.00323. The highest BCUT2D eigenvalue weighted by atomic mass is 35.5. The first-order valence-corrected chi connectivity index (χ1v) is 14.4. The van der Waals surface area contributed by atoms with E-state index in [4.69, 9.17) is 35.9 Å². The van der Waals surface area contributed by atoms with E-state index in [9.17, 15) is 14.5 Å². The van der Waals surface area contributed by atoms with Crippen molar-refractivity contribution in [3.8, 4) is 5.75 Å². The predicted molar refractivity (Wildman–Crippen MR) is 148 cm³/mol. The number of carbonyl (C=O) groups excluding carboxylic acids is 1. The highest BCUT2D eigenvalue weighted by Crippen LogP contribution is 2.48. The van der Waals surface area contributed by atoms with E-state index in [2.05, 4.69) is 25.4 Å². The summed E-state index contributed by atoms with van der Waals surface area (Å²) in [4.78, 5) is 23.7. The van der Waals surface area contributed by atoms with E-state index >= 15 is 0 Å². The number of anilines is 2. The van der Waals surface area contributed by atoms with Gasteiger partial charge in [0.05, 0.1) is 19.0 Å². The van der Waals surface area contributed by atoms with Crippen molar-refractivity contribution in [2.24, 2.45) is 0 Å². The van der Waals surface area contributed by atoms with E-state index in [-0.39, 0.29) is 17.8 Å². The van der Waals surface area contributed by atoms with Gasteiger partial charge in [0, 0.05) is 7.05 Å². The van der Waals surface area contributed by atoms with Crippen LogP contribution in [0.5, 0.6) is 5.75 Å². The molecule has 1 aliphatic rings. The van der Waals surface area contributed by atoms with Crippen LogP contribution in [0.3, 0.4) is 0 Å². The number of aromatic nitrogens is 4. The van der Waals surface area contributed by atoms with Gasteiger partial charge >= 0.3 is 13.7 Å². The van der Waals surface area contributed by atoms with Gasteiger partial charge in [-0.05, 0) is 39.8 Å². The average molecular weight is 598 g/mol. The maximum Gasteiger partial charge on any atom is 0.459 e. The number of imidazole rings is 1. The molecule has 16 heteroatoms. The van der Waals surface area contributed by atoms with Gasteiger partial charge in [-0.15, -0.1) is 11.6 Å². The second-order valence-electron chi connectivity index (χ2n) is 9.66. The second kappa shape index (κ2) is 11.9. The van der Waals surface area contributed by atoms with Gasteiger partial charge in [-0.25, -0.2) is 9.55 Å². The Balaban J connectivity index is 1.56. The van der Waals surface area contributed by atoms with Gasteiger partial charge in [0.2, 0.25) is 5.95 Å². The number of halogens is 1. The summed E-state index contributed by atoms with van der Waals surface area (Å²) in [6, 6.07) is 7.26. The number of ether oxygens (including phenoxy) is 2. The Hall–Kier alpha value is -3.00. The Labute approximate surface area is 236 Å². The molecule has 3 heterocycles. The molecule has 0 unspecified atom stereocenters. The number of aliphatic hydroxyl groups is 1. The van der Waals surface area contributed by atoms with Crippen molar-refractivity contribution < 1.29 is 33.0 Å². The van der Waals surface area contributed by atoms with Gasteiger partial charge in [-0.1, -0.05) is 18.2 Å². The number of para-hydroxylation sites is 1. The molecule has 40 heavy (non-hydrogen) atoms. The van der Waals surface area contributed by atoms with Crippen LogP contribution in [-0.4, -0.2) is 73.5 Å². The van der Waals surface area contributed by atoms with Gasteiger partial charge in [0.1, 0.15) is 28.9 Å². The number of carbonyl (C=O) groups is 1. The number of benzene rings is 1. The molecule has 14 nitrogen and oxygen atoms in total. The van der Waals surface area contributed by atoms with E-state index in [1.165, 1.54) is 17.8 Å². The van der Waals surface area contributed by atoms with Crippen LogP contribution in [-0.2, 0) is 23.4 Å². The molecule has 5 N–H and O–H groups in total. The highest BCUT2D eigenvalue weighted by Gasteiger charge is 2.54. The molecular formula is C24H33ClN7O7P. The fraction of sp³-hybridized carbons (Fsp3) is 0.500. The summed E-state index contributed by atoms with van der Waals surface area (Å²) in [6.07, 6.45) is -2.23. The molecular weight excluding hydrogens is 565 g/mol. The van der Waals surface area contributed by atoms with Crippen LogP contribution in [0.4, 0.5) is 11.8 Å². The quantitative estimate of drug-likeness (QED) is 0.144. The van der Waals surface area contributed by atoms with Gasteiger partial charge in [0.15, 0.2) is 23.2 Å². The second-order valence-corrected chi connectivity index (χ2v) is 12.2. The Kier molecular flexibility index (Phi) is 8.88. The van der Waals surface area contributed by atoms with Crippen LogP contribution >= 0.6 is 19.3 Å². The van der Waals surface area contributed by atoms with Crippen LogP contribution < -0.4 is 20.7 Å². The number of nitrogens with one attached hydrogen (secondary N) is 2.